The first-order valence-electron chi connectivity index (χ1n) is 32.9. The average molecular weight is 1280 g/mol. The third-order valence-corrected chi connectivity index (χ3v) is 11.3. The van der Waals surface area contributed by atoms with Gasteiger partial charge in [-0.15, -0.1) is 0 Å². The summed E-state index contributed by atoms with van der Waals surface area (Å²) in [4.78, 5) is 104. The predicted molar refractivity (Wildman–Crippen MR) is 376 cm³/mol. The molecule has 0 aromatic carbocycles. The molecule has 538 valence electrons. The van der Waals surface area contributed by atoms with Gasteiger partial charge in [-0.25, -0.2) is 4.79 Å². The van der Waals surface area contributed by atoms with Crippen molar-refractivity contribution >= 4 is 58.3 Å². The highest BCUT2D eigenvalue weighted by atomic mass is 16.5. The Morgan fingerprint density at radius 1 is 0.326 bits per heavy atom. The molecule has 17 nitrogen and oxygen atoms in total. The summed E-state index contributed by atoms with van der Waals surface area (Å²) in [5.41, 5.74) is 0. The molecule has 0 aliphatic rings. The van der Waals surface area contributed by atoms with Gasteiger partial charge in [-0.05, 0) is 125 Å². The summed E-state index contributed by atoms with van der Waals surface area (Å²) < 4.78 is 26.7. The van der Waals surface area contributed by atoms with Crippen molar-refractivity contribution in [1.82, 2.24) is 10.6 Å². The number of ether oxygens (including phenoxy) is 5. The molecule has 0 aromatic heterocycles. The topological polar surface area (TPSA) is 241 Å². The molecule has 2 amide bonds. The van der Waals surface area contributed by atoms with Crippen LogP contribution in [0.3, 0.4) is 0 Å². The molecule has 3 atom stereocenters. The summed E-state index contributed by atoms with van der Waals surface area (Å²) in [7, 11) is 0. The Bertz CT molecular complexity index is 1510. The van der Waals surface area contributed by atoms with E-state index in [-0.39, 0.29) is 74.8 Å². The van der Waals surface area contributed by atoms with E-state index in [0.29, 0.717) is 122 Å². The lowest BCUT2D eigenvalue weighted by Crippen LogP contribution is -2.27. The third-order valence-electron chi connectivity index (χ3n) is 11.3. The van der Waals surface area contributed by atoms with Crippen LogP contribution >= 0.6 is 0 Å². The summed E-state index contributed by atoms with van der Waals surface area (Å²) in [5, 5.41) is 5.54. The highest BCUT2D eigenvalue weighted by Gasteiger charge is 2.06. The second kappa shape index (κ2) is 97.5. The molecular formula is C72H150N2O15. The Morgan fingerprint density at radius 2 is 0.618 bits per heavy atom. The van der Waals surface area contributed by atoms with Crippen LogP contribution in [0.15, 0.2) is 0 Å². The van der Waals surface area contributed by atoms with Crippen molar-refractivity contribution in [2.45, 2.75) is 322 Å². The Morgan fingerprint density at radius 3 is 0.944 bits per heavy atom. The molecule has 0 bridgehead atoms. The van der Waals surface area contributed by atoms with Gasteiger partial charge < -0.3 is 72.7 Å². The van der Waals surface area contributed by atoms with E-state index in [9.17, 15) is 47.9 Å². The average Bonchev–Trinajstić information content (AvgIpc) is 3.46. The lowest BCUT2D eigenvalue weighted by Gasteiger charge is -2.10. The van der Waals surface area contributed by atoms with E-state index >= 15 is 0 Å². The van der Waals surface area contributed by atoms with Crippen LogP contribution in [0, 0.1) is 17.8 Å². The molecule has 0 aliphatic heterocycles. The molecule has 0 spiro atoms. The first-order chi connectivity index (χ1) is 40.5. The Hall–Kier alpha value is -4.06. The SMILES string of the molecule is C.C.C.CC(=O)CCC(C)=O.CC(=O)CCCC(C)=O.CC(C)=O.CCC.CCC(C)=O.CCC(C)COCCCNC(=O)CCCC(C)=O.CCCCCCC(C)=O.CCCCOCC(C)CC.CCCCOCCOCCCNC(=O)OCC(C)CC. The van der Waals surface area contributed by atoms with Crippen molar-refractivity contribution in [2.75, 3.05) is 72.6 Å². The van der Waals surface area contributed by atoms with Crippen LogP contribution in [0.25, 0.3) is 0 Å². The quantitative estimate of drug-likeness (QED) is 0.0540. The second-order valence-electron chi connectivity index (χ2n) is 22.1. The van der Waals surface area contributed by atoms with E-state index in [1.165, 1.54) is 72.6 Å². The molecule has 0 saturated carbocycles. The van der Waals surface area contributed by atoms with E-state index in [1.54, 1.807) is 34.6 Å². The van der Waals surface area contributed by atoms with Crippen molar-refractivity contribution in [3.05, 3.63) is 0 Å². The number of hydrogen-bond donors (Lipinski definition) is 2. The van der Waals surface area contributed by atoms with Crippen molar-refractivity contribution in [2.24, 2.45) is 17.8 Å². The zero-order valence-electron chi connectivity index (χ0n) is 59.6. The molecule has 0 saturated heterocycles. The Kier molecular flexibility index (Phi) is 123. The number of hydrogen-bond acceptors (Lipinski definition) is 15. The standard InChI is InChI=1S/C15H31NO4.C14H27NO3.C9H20O.C8H16O.C7H12O2.C6H10O2.C4H8O.C3H6O.C3H8.3CH4/c1-4-6-9-18-11-12-19-10-7-8-16-15(17)20-13-14(3)5-2;1-4-12(2)11-18-10-6-9-15-14(17)8-5-7-13(3)16;1-4-6-7-10-8-9(3)5-2;1-3-4-5-6-7-8(2)9;1-6(8)4-3-5-7(2)9;1-5(7)3-4-6(2)8;1-3-4(2)5;1-3(2)4;1-3-2;;;/h14H,4-13H2,1-3H3,(H,16,17);12H,4-11H2,1-3H3,(H,15,17);9H,4-8H2,1-3H3;3-7H2,1-2H3;3-5H2,1-2H3;3-4H2,1-2H3;3H2,1-2H3;1-2H3;3H2,1-2H3;3*1H4. The number of alkyl carbamates (subject to hydrolysis) is 1. The van der Waals surface area contributed by atoms with Crippen molar-refractivity contribution < 1.29 is 71.6 Å². The molecule has 0 rings (SSSR count). The van der Waals surface area contributed by atoms with Gasteiger partial charge in [0.05, 0.1) is 19.8 Å². The van der Waals surface area contributed by atoms with E-state index < -0.39 is 0 Å². The number of ketones is 8. The molecule has 0 radical (unpaired) electrons. The maximum Gasteiger partial charge on any atom is 0.407 e. The Balaban J connectivity index is -0.0000000786. The molecule has 0 fully saturated rings. The van der Waals surface area contributed by atoms with E-state index in [2.05, 4.69) is 86.8 Å². The van der Waals surface area contributed by atoms with Crippen LogP contribution in [-0.4, -0.2) is 131 Å². The summed E-state index contributed by atoms with van der Waals surface area (Å²) in [6.07, 6.45) is 21.0. The molecule has 0 aromatic rings. The summed E-state index contributed by atoms with van der Waals surface area (Å²) in [6.45, 7) is 47.2. The van der Waals surface area contributed by atoms with Gasteiger partial charge in [0.2, 0.25) is 5.91 Å². The van der Waals surface area contributed by atoms with E-state index in [1.807, 2.05) is 6.92 Å². The van der Waals surface area contributed by atoms with Gasteiger partial charge in [-0.3, -0.25) is 4.79 Å². The van der Waals surface area contributed by atoms with Crippen LogP contribution in [0.4, 0.5) is 4.79 Å². The fourth-order valence-electron chi connectivity index (χ4n) is 5.10. The lowest BCUT2D eigenvalue weighted by molar-refractivity contribution is -0.122. The number of carbonyl (C=O) groups is 10. The Labute approximate surface area is 550 Å². The van der Waals surface area contributed by atoms with Gasteiger partial charge in [0, 0.05) is 104 Å². The van der Waals surface area contributed by atoms with E-state index in [0.717, 1.165) is 83.7 Å². The summed E-state index contributed by atoms with van der Waals surface area (Å²) in [5.74, 6) is 3.16. The third kappa shape index (κ3) is 162. The number of Topliss-reactive ketones (excluding diaryl/α,β-unsaturated/α-hetero) is 8. The van der Waals surface area contributed by atoms with Gasteiger partial charge in [0.25, 0.3) is 0 Å². The fourth-order valence-corrected chi connectivity index (χ4v) is 5.10. The zero-order valence-corrected chi connectivity index (χ0v) is 59.6. The van der Waals surface area contributed by atoms with E-state index in [4.69, 9.17) is 23.7 Å². The monoisotopic (exact) mass is 1280 g/mol. The molecule has 3 unspecified atom stereocenters. The van der Waals surface area contributed by atoms with Gasteiger partial charge in [-0.1, -0.05) is 163 Å². The largest absolute Gasteiger partial charge is 0.449 e. The molecular weight excluding hydrogens is 1130 g/mol. The minimum Gasteiger partial charge on any atom is -0.449 e. The molecule has 89 heavy (non-hydrogen) atoms. The van der Waals surface area contributed by atoms with Crippen molar-refractivity contribution in [1.29, 1.82) is 0 Å². The number of unbranched alkanes of at least 4 members (excludes halogenated alkanes) is 5. The molecule has 2 N–H and O–H groups in total. The normalized spacial score (nSPS) is 10.3. The van der Waals surface area contributed by atoms with Crippen LogP contribution in [0.1, 0.15) is 322 Å². The highest BCUT2D eigenvalue weighted by Crippen LogP contribution is 2.04. The first-order valence-corrected chi connectivity index (χ1v) is 32.9. The first kappa shape index (κ1) is 112. The minimum atomic E-state index is -0.340. The smallest absolute Gasteiger partial charge is 0.407 e. The highest BCUT2D eigenvalue weighted by molar-refractivity contribution is 5.83. The van der Waals surface area contributed by atoms with Gasteiger partial charge in [0.15, 0.2) is 0 Å². The van der Waals surface area contributed by atoms with Gasteiger partial charge in [0.1, 0.15) is 46.3 Å². The molecule has 0 heterocycles. The van der Waals surface area contributed by atoms with Crippen LogP contribution < -0.4 is 10.6 Å². The zero-order chi connectivity index (χ0) is 68.2. The maximum absolute atomic E-state index is 11.3. The van der Waals surface area contributed by atoms with Crippen LogP contribution in [0.5, 0.6) is 0 Å². The van der Waals surface area contributed by atoms with Crippen LogP contribution in [-0.2, 0) is 66.8 Å². The number of carbonyl (C=O) groups excluding carboxylic acids is 10. The van der Waals surface area contributed by atoms with Gasteiger partial charge in [-0.2, -0.15) is 0 Å². The molecule has 17 heteroatoms. The van der Waals surface area contributed by atoms with Crippen molar-refractivity contribution in [3.8, 4) is 0 Å². The summed E-state index contributed by atoms with van der Waals surface area (Å²) >= 11 is 0. The number of rotatable bonds is 43. The van der Waals surface area contributed by atoms with Crippen molar-refractivity contribution in [3.63, 3.8) is 0 Å². The van der Waals surface area contributed by atoms with Gasteiger partial charge >= 0.3 is 6.09 Å². The van der Waals surface area contributed by atoms with Crippen LogP contribution in [0.2, 0.25) is 0 Å². The maximum atomic E-state index is 11.3. The number of nitrogens with one attached hydrogen (secondary N) is 2. The predicted octanol–water partition coefficient (Wildman–Crippen LogP) is 17.9. The second-order valence-corrected chi connectivity index (χ2v) is 22.1. The number of amides is 2. The molecule has 0 aliphatic carbocycles. The summed E-state index contributed by atoms with van der Waals surface area (Å²) in [6, 6.07) is 0. The minimum absolute atomic E-state index is 0. The lowest BCUT2D eigenvalue weighted by atomic mass is 10.1. The fraction of sp³-hybridized carbons (Fsp3) is 0.861.